The van der Waals surface area contributed by atoms with Gasteiger partial charge in [0.1, 0.15) is 0 Å². The number of urea groups is 1. The highest BCUT2D eigenvalue weighted by Gasteiger charge is 2.38. The third-order valence-corrected chi connectivity index (χ3v) is 6.64. The van der Waals surface area contributed by atoms with Gasteiger partial charge in [0.2, 0.25) is 0 Å². The van der Waals surface area contributed by atoms with Gasteiger partial charge in [-0.3, -0.25) is 4.98 Å². The summed E-state index contributed by atoms with van der Waals surface area (Å²) in [6, 6.07) is 10.3. The number of aromatic nitrogens is 1. The Morgan fingerprint density at radius 1 is 1.12 bits per heavy atom. The van der Waals surface area contributed by atoms with Gasteiger partial charge >= 0.3 is 6.03 Å². The Labute approximate surface area is 152 Å². The number of aryl methyl sites for hydroxylation is 1. The van der Waals surface area contributed by atoms with Gasteiger partial charge in [-0.05, 0) is 84.1 Å². The Bertz CT molecular complexity index is 753. The number of nitrogens with one attached hydrogen (secondary N) is 2. The number of benzene rings is 1. The Kier molecular flexibility index (Phi) is 4.66. The van der Waals surface area contributed by atoms with Crippen LogP contribution in [0.4, 0.5) is 10.5 Å². The summed E-state index contributed by atoms with van der Waals surface area (Å²) in [5, 5.41) is 6.14. The van der Waals surface area contributed by atoms with Gasteiger partial charge in [0.15, 0.2) is 0 Å². The standard InChI is InChI=1S/C20H23N3OS/c1-13-8-17(2-3-19(13)14-4-6-21-7-5-14)22-20(24)23-18-9-15-11-25-12-16(15)10-18/h2-8,15-16,18H,9-12H2,1H3,(H2,22,23,24). The lowest BCUT2D eigenvalue weighted by molar-refractivity contribution is 0.248. The molecule has 2 fully saturated rings. The predicted molar refractivity (Wildman–Crippen MR) is 104 cm³/mol. The second kappa shape index (κ2) is 7.08. The van der Waals surface area contributed by atoms with Crippen molar-refractivity contribution in [2.75, 3.05) is 16.8 Å². The lowest BCUT2D eigenvalue weighted by Gasteiger charge is -2.15. The first kappa shape index (κ1) is 16.5. The average molecular weight is 353 g/mol. The van der Waals surface area contributed by atoms with Crippen molar-refractivity contribution >= 4 is 23.5 Å². The highest BCUT2D eigenvalue weighted by Crippen LogP contribution is 2.42. The quantitative estimate of drug-likeness (QED) is 0.864. The smallest absolute Gasteiger partial charge is 0.319 e. The van der Waals surface area contributed by atoms with Gasteiger partial charge in [-0.25, -0.2) is 4.79 Å². The first-order chi connectivity index (χ1) is 12.2. The molecule has 1 saturated carbocycles. The van der Waals surface area contributed by atoms with E-state index >= 15 is 0 Å². The van der Waals surface area contributed by atoms with E-state index in [1.165, 1.54) is 11.5 Å². The molecular formula is C20H23N3OS. The van der Waals surface area contributed by atoms with E-state index in [0.717, 1.165) is 47.1 Å². The normalized spacial score (nSPS) is 24.8. The second-order valence-electron chi connectivity index (χ2n) is 7.09. The summed E-state index contributed by atoms with van der Waals surface area (Å²) >= 11 is 2.06. The van der Waals surface area contributed by atoms with Crippen molar-refractivity contribution in [2.45, 2.75) is 25.8 Å². The molecule has 25 heavy (non-hydrogen) atoms. The van der Waals surface area contributed by atoms with Crippen molar-refractivity contribution in [1.82, 2.24) is 10.3 Å². The Morgan fingerprint density at radius 2 is 1.84 bits per heavy atom. The van der Waals surface area contributed by atoms with Crippen LogP contribution in [0.2, 0.25) is 0 Å². The maximum atomic E-state index is 12.3. The molecule has 0 bridgehead atoms. The number of hydrogen-bond acceptors (Lipinski definition) is 3. The fourth-order valence-corrected chi connectivity index (χ4v) is 5.62. The molecule has 1 aliphatic heterocycles. The Hall–Kier alpha value is -2.01. The molecule has 4 nitrogen and oxygen atoms in total. The molecule has 1 aromatic heterocycles. The monoisotopic (exact) mass is 353 g/mol. The summed E-state index contributed by atoms with van der Waals surface area (Å²) < 4.78 is 0. The number of hydrogen-bond donors (Lipinski definition) is 2. The van der Waals surface area contributed by atoms with Crippen LogP contribution < -0.4 is 10.6 Å². The minimum absolute atomic E-state index is 0.0892. The maximum absolute atomic E-state index is 12.3. The van der Waals surface area contributed by atoms with E-state index < -0.39 is 0 Å². The topological polar surface area (TPSA) is 54.0 Å². The van der Waals surface area contributed by atoms with Crippen LogP contribution in [0.25, 0.3) is 11.1 Å². The molecule has 0 radical (unpaired) electrons. The number of carbonyl (C=O) groups is 1. The van der Waals surface area contributed by atoms with E-state index in [4.69, 9.17) is 0 Å². The lowest BCUT2D eigenvalue weighted by Crippen LogP contribution is -2.36. The van der Waals surface area contributed by atoms with E-state index in [1.807, 2.05) is 24.3 Å². The summed E-state index contributed by atoms with van der Waals surface area (Å²) in [5.74, 6) is 4.13. The maximum Gasteiger partial charge on any atom is 0.319 e. The summed E-state index contributed by atoms with van der Waals surface area (Å²) in [4.78, 5) is 16.4. The predicted octanol–water partition coefficient (Wildman–Crippen LogP) is 4.32. The van der Waals surface area contributed by atoms with Crippen molar-refractivity contribution < 1.29 is 4.79 Å². The SMILES string of the molecule is Cc1cc(NC(=O)NC2CC3CSCC3C2)ccc1-c1ccncc1. The summed E-state index contributed by atoms with van der Waals surface area (Å²) in [7, 11) is 0. The van der Waals surface area contributed by atoms with Crippen LogP contribution in [0.5, 0.6) is 0 Å². The van der Waals surface area contributed by atoms with Crippen molar-refractivity contribution in [2.24, 2.45) is 11.8 Å². The molecule has 0 spiro atoms. The number of nitrogens with zero attached hydrogens (tertiary/aromatic N) is 1. The molecule has 1 saturated heterocycles. The molecule has 1 aliphatic carbocycles. The van der Waals surface area contributed by atoms with Crippen LogP contribution in [0.15, 0.2) is 42.7 Å². The molecule has 130 valence electrons. The van der Waals surface area contributed by atoms with E-state index in [2.05, 4.69) is 40.4 Å². The third kappa shape index (κ3) is 3.66. The van der Waals surface area contributed by atoms with Crippen molar-refractivity contribution in [1.29, 1.82) is 0 Å². The summed E-state index contributed by atoms with van der Waals surface area (Å²) in [6.07, 6.45) is 5.85. The van der Waals surface area contributed by atoms with E-state index in [9.17, 15) is 4.79 Å². The number of fused-ring (bicyclic) bond motifs is 1. The minimum Gasteiger partial charge on any atom is -0.335 e. The first-order valence-corrected chi connectivity index (χ1v) is 10.0. The Morgan fingerprint density at radius 3 is 2.52 bits per heavy atom. The number of thioether (sulfide) groups is 1. The van der Waals surface area contributed by atoms with Gasteiger partial charge in [0, 0.05) is 24.1 Å². The van der Waals surface area contributed by atoms with Crippen LogP contribution in [0.1, 0.15) is 18.4 Å². The third-order valence-electron chi connectivity index (χ3n) is 5.32. The number of anilines is 1. The van der Waals surface area contributed by atoms with Gasteiger partial charge in [-0.15, -0.1) is 0 Å². The average Bonchev–Trinajstić information content (AvgIpc) is 3.17. The molecular weight excluding hydrogens is 330 g/mol. The number of amides is 2. The lowest BCUT2D eigenvalue weighted by atomic mass is 10.0. The largest absolute Gasteiger partial charge is 0.335 e. The Balaban J connectivity index is 1.38. The molecule has 2 amide bonds. The molecule has 2 heterocycles. The summed E-state index contributed by atoms with van der Waals surface area (Å²) in [6.45, 7) is 2.06. The molecule has 5 heteroatoms. The van der Waals surface area contributed by atoms with Crippen LogP contribution in [-0.4, -0.2) is 28.6 Å². The molecule has 2 N–H and O–H groups in total. The molecule has 2 atom stereocenters. The fourth-order valence-electron chi connectivity index (χ4n) is 4.06. The number of rotatable bonds is 3. The molecule has 2 aromatic rings. The van der Waals surface area contributed by atoms with Crippen molar-refractivity contribution in [3.05, 3.63) is 48.3 Å². The zero-order chi connectivity index (χ0) is 17.2. The van der Waals surface area contributed by atoms with Crippen LogP contribution in [0, 0.1) is 18.8 Å². The van der Waals surface area contributed by atoms with E-state index in [1.54, 1.807) is 12.4 Å². The molecule has 4 rings (SSSR count). The second-order valence-corrected chi connectivity index (χ2v) is 8.16. The highest BCUT2D eigenvalue weighted by molar-refractivity contribution is 7.99. The van der Waals surface area contributed by atoms with Crippen molar-refractivity contribution in [3.8, 4) is 11.1 Å². The molecule has 2 aliphatic rings. The first-order valence-electron chi connectivity index (χ1n) is 8.85. The van der Waals surface area contributed by atoms with Crippen LogP contribution in [-0.2, 0) is 0 Å². The van der Waals surface area contributed by atoms with Gasteiger partial charge in [0.25, 0.3) is 0 Å². The highest BCUT2D eigenvalue weighted by atomic mass is 32.2. The van der Waals surface area contributed by atoms with Gasteiger partial charge < -0.3 is 10.6 Å². The van der Waals surface area contributed by atoms with Gasteiger partial charge in [-0.1, -0.05) is 6.07 Å². The number of pyridine rings is 1. The molecule has 2 unspecified atom stereocenters. The van der Waals surface area contributed by atoms with Gasteiger partial charge in [-0.2, -0.15) is 11.8 Å². The van der Waals surface area contributed by atoms with Crippen LogP contribution >= 0.6 is 11.8 Å². The zero-order valence-electron chi connectivity index (χ0n) is 14.4. The van der Waals surface area contributed by atoms with E-state index in [0.29, 0.717) is 6.04 Å². The fraction of sp³-hybridized carbons (Fsp3) is 0.400. The van der Waals surface area contributed by atoms with Gasteiger partial charge in [0.05, 0.1) is 0 Å². The zero-order valence-corrected chi connectivity index (χ0v) is 15.2. The van der Waals surface area contributed by atoms with Crippen LogP contribution in [0.3, 0.4) is 0 Å². The number of carbonyl (C=O) groups excluding carboxylic acids is 1. The minimum atomic E-state index is -0.0892. The van der Waals surface area contributed by atoms with E-state index in [-0.39, 0.29) is 6.03 Å². The summed E-state index contributed by atoms with van der Waals surface area (Å²) in [5.41, 5.74) is 4.27. The van der Waals surface area contributed by atoms with Crippen molar-refractivity contribution in [3.63, 3.8) is 0 Å². The molecule has 1 aromatic carbocycles.